The molecule has 1 saturated heterocycles. The predicted molar refractivity (Wildman–Crippen MR) is 119 cm³/mol. The molecular weight excluding hydrogens is 398 g/mol. The van der Waals surface area contributed by atoms with E-state index < -0.39 is 0 Å². The van der Waals surface area contributed by atoms with Gasteiger partial charge in [0.15, 0.2) is 0 Å². The summed E-state index contributed by atoms with van der Waals surface area (Å²) >= 11 is 9.88. The Bertz CT molecular complexity index is 886. The maximum absolute atomic E-state index is 12.2. The van der Waals surface area contributed by atoms with E-state index in [1.165, 1.54) is 0 Å². The Labute approximate surface area is 174 Å². The number of aromatic nitrogens is 1. The Kier molecular flexibility index (Phi) is 6.28. The number of hydrogen-bond donors (Lipinski definition) is 1. The number of hydrazone groups is 1. The molecule has 2 heterocycles. The maximum atomic E-state index is 12.2. The van der Waals surface area contributed by atoms with Gasteiger partial charge in [-0.25, -0.2) is 5.43 Å². The highest BCUT2D eigenvalue weighted by Gasteiger charge is 2.32. The molecular formula is C20H24ClN3OS2. The Morgan fingerprint density at radius 1 is 1.30 bits per heavy atom. The van der Waals surface area contributed by atoms with Crippen LogP contribution in [0.4, 0.5) is 0 Å². The van der Waals surface area contributed by atoms with E-state index in [1.807, 2.05) is 48.6 Å². The first kappa shape index (κ1) is 20.4. The van der Waals surface area contributed by atoms with Crippen LogP contribution in [0.1, 0.15) is 35.9 Å². The summed E-state index contributed by atoms with van der Waals surface area (Å²) in [6.45, 7) is 8.29. The highest BCUT2D eigenvalue weighted by atomic mass is 35.5. The highest BCUT2D eigenvalue weighted by Crippen LogP contribution is 2.45. The van der Waals surface area contributed by atoms with Gasteiger partial charge in [0.2, 0.25) is 5.91 Å². The SMILES string of the molecule is Cc1ccc(Cl)cc1-n1c(C)cc(/C=N\NC(=O)CC2(C)SCCS2)c1C. The molecule has 27 heavy (non-hydrogen) atoms. The molecule has 2 aromatic rings. The molecule has 1 aromatic carbocycles. The fourth-order valence-corrected chi connectivity index (χ4v) is 6.27. The number of hydrogen-bond acceptors (Lipinski definition) is 4. The monoisotopic (exact) mass is 421 g/mol. The van der Waals surface area contributed by atoms with Crippen LogP contribution < -0.4 is 5.43 Å². The average molecular weight is 422 g/mol. The first-order chi connectivity index (χ1) is 12.8. The summed E-state index contributed by atoms with van der Waals surface area (Å²) < 4.78 is 2.14. The molecule has 1 aliphatic heterocycles. The number of carbonyl (C=O) groups is 1. The van der Waals surface area contributed by atoms with Crippen LogP contribution in [0.5, 0.6) is 0 Å². The zero-order valence-corrected chi connectivity index (χ0v) is 18.4. The van der Waals surface area contributed by atoms with Crippen molar-refractivity contribution in [2.24, 2.45) is 5.10 Å². The maximum Gasteiger partial charge on any atom is 0.242 e. The number of nitrogens with one attached hydrogen (secondary N) is 1. The molecule has 0 atom stereocenters. The largest absolute Gasteiger partial charge is 0.318 e. The topological polar surface area (TPSA) is 46.4 Å². The zero-order valence-electron chi connectivity index (χ0n) is 16.0. The number of halogens is 1. The fraction of sp³-hybridized carbons (Fsp3) is 0.400. The van der Waals surface area contributed by atoms with E-state index in [9.17, 15) is 4.79 Å². The van der Waals surface area contributed by atoms with E-state index in [1.54, 1.807) is 6.21 Å². The van der Waals surface area contributed by atoms with Crippen molar-refractivity contribution < 1.29 is 4.79 Å². The second-order valence-electron chi connectivity index (χ2n) is 6.89. The summed E-state index contributed by atoms with van der Waals surface area (Å²) in [6.07, 6.45) is 2.19. The normalized spacial score (nSPS) is 16.2. The summed E-state index contributed by atoms with van der Waals surface area (Å²) in [6, 6.07) is 7.95. The summed E-state index contributed by atoms with van der Waals surface area (Å²) in [7, 11) is 0. The van der Waals surface area contributed by atoms with Crippen molar-refractivity contribution >= 4 is 47.2 Å². The quantitative estimate of drug-likeness (QED) is 0.540. The Hall–Kier alpha value is -1.37. The van der Waals surface area contributed by atoms with Crippen LogP contribution in [0, 0.1) is 20.8 Å². The molecule has 0 radical (unpaired) electrons. The number of carbonyl (C=O) groups excluding carboxylic acids is 1. The van der Waals surface area contributed by atoms with Crippen molar-refractivity contribution in [3.63, 3.8) is 0 Å². The molecule has 1 fully saturated rings. The molecule has 3 rings (SSSR count). The lowest BCUT2D eigenvalue weighted by Gasteiger charge is -2.19. The molecule has 0 spiro atoms. The molecule has 7 heteroatoms. The number of amides is 1. The van der Waals surface area contributed by atoms with Gasteiger partial charge in [0.05, 0.1) is 16.7 Å². The van der Waals surface area contributed by atoms with Crippen LogP contribution >= 0.6 is 35.1 Å². The van der Waals surface area contributed by atoms with E-state index in [-0.39, 0.29) is 9.99 Å². The van der Waals surface area contributed by atoms with E-state index >= 15 is 0 Å². The molecule has 0 saturated carbocycles. The smallest absolute Gasteiger partial charge is 0.242 e. The molecule has 0 bridgehead atoms. The number of rotatable bonds is 5. The third-order valence-electron chi connectivity index (χ3n) is 4.66. The average Bonchev–Trinajstić information content (AvgIpc) is 3.14. The molecule has 0 aliphatic carbocycles. The van der Waals surface area contributed by atoms with Gasteiger partial charge in [-0.3, -0.25) is 4.79 Å². The van der Waals surface area contributed by atoms with Gasteiger partial charge in [-0.2, -0.15) is 5.10 Å². The minimum absolute atomic E-state index is 0.0282. The Morgan fingerprint density at radius 3 is 2.70 bits per heavy atom. The third kappa shape index (κ3) is 4.73. The van der Waals surface area contributed by atoms with Gasteiger partial charge in [0.25, 0.3) is 0 Å². The number of benzene rings is 1. The standard InChI is InChI=1S/C20H24ClN3OS2/c1-13-5-6-17(21)10-18(13)24-14(2)9-16(15(24)3)12-22-23-19(25)11-20(4)26-7-8-27-20/h5-6,9-10,12H,7-8,11H2,1-4H3,(H,23,25)/b22-12-. The van der Waals surface area contributed by atoms with Crippen LogP contribution in [-0.4, -0.2) is 32.3 Å². The number of thioether (sulfide) groups is 2. The minimum atomic E-state index is -0.0462. The van der Waals surface area contributed by atoms with Crippen LogP contribution in [0.2, 0.25) is 5.02 Å². The van der Waals surface area contributed by atoms with Gasteiger partial charge in [0.1, 0.15) is 0 Å². The van der Waals surface area contributed by atoms with E-state index in [0.717, 1.165) is 39.7 Å². The fourth-order valence-electron chi connectivity index (χ4n) is 3.28. The third-order valence-corrected chi connectivity index (χ3v) is 8.18. The van der Waals surface area contributed by atoms with Gasteiger partial charge in [-0.05, 0) is 51.5 Å². The van der Waals surface area contributed by atoms with Crippen molar-refractivity contribution in [2.45, 2.75) is 38.2 Å². The Balaban J connectivity index is 1.74. The van der Waals surface area contributed by atoms with Crippen LogP contribution in [0.25, 0.3) is 5.69 Å². The van der Waals surface area contributed by atoms with Crippen molar-refractivity contribution in [2.75, 3.05) is 11.5 Å². The summed E-state index contributed by atoms with van der Waals surface area (Å²) in [5.74, 6) is 2.16. The summed E-state index contributed by atoms with van der Waals surface area (Å²) in [5, 5.41) is 4.89. The molecule has 1 amide bonds. The second-order valence-corrected chi connectivity index (χ2v) is 10.8. The number of aryl methyl sites for hydroxylation is 2. The van der Waals surface area contributed by atoms with Gasteiger partial charge in [0, 0.05) is 39.2 Å². The van der Waals surface area contributed by atoms with E-state index in [2.05, 4.69) is 41.9 Å². The predicted octanol–water partition coefficient (Wildman–Crippen LogP) is 5.09. The van der Waals surface area contributed by atoms with Crippen molar-refractivity contribution in [3.8, 4) is 5.69 Å². The van der Waals surface area contributed by atoms with Crippen LogP contribution in [-0.2, 0) is 4.79 Å². The first-order valence-corrected chi connectivity index (χ1v) is 11.2. The van der Waals surface area contributed by atoms with Gasteiger partial charge >= 0.3 is 0 Å². The van der Waals surface area contributed by atoms with Crippen molar-refractivity contribution in [1.29, 1.82) is 0 Å². The lowest BCUT2D eigenvalue weighted by molar-refractivity contribution is -0.121. The molecule has 1 N–H and O–H groups in total. The van der Waals surface area contributed by atoms with Crippen LogP contribution in [0.15, 0.2) is 29.4 Å². The van der Waals surface area contributed by atoms with Crippen molar-refractivity contribution in [3.05, 3.63) is 51.8 Å². The van der Waals surface area contributed by atoms with Crippen molar-refractivity contribution in [1.82, 2.24) is 9.99 Å². The minimum Gasteiger partial charge on any atom is -0.318 e. The Morgan fingerprint density at radius 2 is 2.00 bits per heavy atom. The van der Waals surface area contributed by atoms with Gasteiger partial charge in [-0.1, -0.05) is 17.7 Å². The lowest BCUT2D eigenvalue weighted by atomic mass is 10.2. The summed E-state index contributed by atoms with van der Waals surface area (Å²) in [4.78, 5) is 12.2. The molecule has 144 valence electrons. The first-order valence-electron chi connectivity index (χ1n) is 8.84. The molecule has 4 nitrogen and oxygen atoms in total. The van der Waals surface area contributed by atoms with E-state index in [4.69, 9.17) is 11.6 Å². The molecule has 1 aliphatic rings. The zero-order chi connectivity index (χ0) is 19.6. The summed E-state index contributed by atoms with van der Waals surface area (Å²) in [5.41, 5.74) is 8.01. The molecule has 0 unspecified atom stereocenters. The highest BCUT2D eigenvalue weighted by molar-refractivity contribution is 8.21. The molecule has 1 aromatic heterocycles. The van der Waals surface area contributed by atoms with Gasteiger partial charge < -0.3 is 4.57 Å². The lowest BCUT2D eigenvalue weighted by Crippen LogP contribution is -2.26. The number of nitrogens with zero attached hydrogens (tertiary/aromatic N) is 2. The van der Waals surface area contributed by atoms with Gasteiger partial charge in [-0.15, -0.1) is 23.5 Å². The van der Waals surface area contributed by atoms with E-state index in [0.29, 0.717) is 11.4 Å². The second kappa shape index (κ2) is 8.33. The van der Waals surface area contributed by atoms with Crippen LogP contribution in [0.3, 0.4) is 0 Å².